The molecule has 4 heterocycles. The Hall–Kier alpha value is -2.57. The van der Waals surface area contributed by atoms with Crippen molar-refractivity contribution in [2.75, 3.05) is 20.1 Å². The number of benzene rings is 1. The van der Waals surface area contributed by atoms with Crippen LogP contribution in [0.3, 0.4) is 0 Å². The van der Waals surface area contributed by atoms with Crippen molar-refractivity contribution in [2.24, 2.45) is 7.05 Å². The van der Waals surface area contributed by atoms with Crippen LogP contribution in [0, 0.1) is 0 Å². The van der Waals surface area contributed by atoms with Crippen LogP contribution < -0.4 is 0 Å². The number of likely N-dealkylation sites (N-methyl/N-ethyl adjacent to an activating group) is 1. The molecule has 1 unspecified atom stereocenters. The van der Waals surface area contributed by atoms with Gasteiger partial charge in [-0.3, -0.25) is 14.4 Å². The van der Waals surface area contributed by atoms with Crippen LogP contribution in [-0.4, -0.2) is 50.2 Å². The summed E-state index contributed by atoms with van der Waals surface area (Å²) >= 11 is 6.10. The molecule has 0 bridgehead atoms. The molecule has 1 aromatic carbocycles. The number of hydrogen-bond donors (Lipinski definition) is 0. The van der Waals surface area contributed by atoms with Crippen LogP contribution in [0.15, 0.2) is 48.9 Å². The summed E-state index contributed by atoms with van der Waals surface area (Å²) in [5.41, 5.74) is 3.36. The lowest BCUT2D eigenvalue weighted by molar-refractivity contribution is -0.00122. The molecule has 3 aromatic rings. The highest BCUT2D eigenvalue weighted by molar-refractivity contribution is 6.30. The summed E-state index contributed by atoms with van der Waals surface area (Å²) in [6.07, 6.45) is 5.85. The van der Waals surface area contributed by atoms with Crippen LogP contribution in [0.2, 0.25) is 5.02 Å². The first-order valence-electron chi connectivity index (χ1n) is 8.97. The molecule has 7 heteroatoms. The molecule has 1 atom stereocenters. The summed E-state index contributed by atoms with van der Waals surface area (Å²) in [7, 11) is 3.98. The molecule has 2 aromatic heterocycles. The summed E-state index contributed by atoms with van der Waals surface area (Å²) in [5.74, 6) is 0.0655. The second-order valence-corrected chi connectivity index (χ2v) is 7.78. The molecule has 0 N–H and O–H groups in total. The third-order valence-corrected chi connectivity index (χ3v) is 6.09. The highest BCUT2D eigenvalue weighted by Gasteiger charge is 2.52. The van der Waals surface area contributed by atoms with Gasteiger partial charge in [-0.05, 0) is 30.8 Å². The average molecular weight is 382 g/mol. The summed E-state index contributed by atoms with van der Waals surface area (Å²) in [5, 5.41) is 4.95. The van der Waals surface area contributed by atoms with E-state index in [-0.39, 0.29) is 5.91 Å². The highest BCUT2D eigenvalue weighted by Crippen LogP contribution is 2.43. The predicted molar refractivity (Wildman–Crippen MR) is 103 cm³/mol. The van der Waals surface area contributed by atoms with E-state index in [2.05, 4.69) is 27.8 Å². The lowest BCUT2D eigenvalue weighted by Gasteiger charge is -2.46. The summed E-state index contributed by atoms with van der Waals surface area (Å²) < 4.78 is 3.85. The second kappa shape index (κ2) is 5.71. The van der Waals surface area contributed by atoms with Crippen LogP contribution in [0.4, 0.5) is 0 Å². The number of hydrogen-bond acceptors (Lipinski definition) is 3. The standard InChI is InChI=1S/C20H20ClN5O/c1-23-7-8-26-19(27)18-9-14(15-10-22-24(2)11-15)12-25(18)13-20(23,26)16-3-5-17(21)6-4-16/h3-6,9-12H,7-8,13H2,1-2H3. The molecule has 1 amide bonds. The SMILES string of the molecule is CN1CCN2C(=O)c3cc(-c4cnn(C)c4)cn3CC12c1ccc(Cl)cc1. The van der Waals surface area contributed by atoms with Crippen molar-refractivity contribution in [3.63, 3.8) is 0 Å². The Morgan fingerprint density at radius 1 is 1.07 bits per heavy atom. The molecule has 138 valence electrons. The first kappa shape index (κ1) is 16.6. The van der Waals surface area contributed by atoms with Gasteiger partial charge in [0.15, 0.2) is 0 Å². The number of fused-ring (bicyclic) bond motifs is 2. The van der Waals surface area contributed by atoms with Crippen LogP contribution in [0.25, 0.3) is 11.1 Å². The van der Waals surface area contributed by atoms with E-state index >= 15 is 0 Å². The fourth-order valence-corrected chi connectivity index (χ4v) is 4.54. The van der Waals surface area contributed by atoms with Crippen LogP contribution in [-0.2, 0) is 19.3 Å². The fourth-order valence-electron chi connectivity index (χ4n) is 4.41. The Kier molecular flexibility index (Phi) is 3.51. The maximum Gasteiger partial charge on any atom is 0.272 e. The van der Waals surface area contributed by atoms with E-state index in [1.165, 1.54) is 0 Å². The minimum Gasteiger partial charge on any atom is -0.339 e. The molecule has 1 saturated heterocycles. The number of nitrogens with zero attached hydrogens (tertiary/aromatic N) is 5. The van der Waals surface area contributed by atoms with E-state index in [0.29, 0.717) is 18.1 Å². The van der Waals surface area contributed by atoms with Crippen molar-refractivity contribution in [2.45, 2.75) is 12.2 Å². The monoisotopic (exact) mass is 381 g/mol. The Bertz CT molecular complexity index is 1040. The van der Waals surface area contributed by atoms with E-state index in [0.717, 1.165) is 28.9 Å². The third kappa shape index (κ3) is 2.30. The van der Waals surface area contributed by atoms with Crippen molar-refractivity contribution >= 4 is 17.5 Å². The minimum absolute atomic E-state index is 0.0655. The summed E-state index contributed by atoms with van der Waals surface area (Å²) in [4.78, 5) is 17.6. The third-order valence-electron chi connectivity index (χ3n) is 5.83. The maximum atomic E-state index is 13.4. The maximum absolute atomic E-state index is 13.4. The average Bonchev–Trinajstić information content (AvgIpc) is 3.34. The summed E-state index contributed by atoms with van der Waals surface area (Å²) in [6.45, 7) is 2.24. The van der Waals surface area contributed by atoms with Gasteiger partial charge in [-0.15, -0.1) is 0 Å². The van der Waals surface area contributed by atoms with Crippen molar-refractivity contribution in [1.82, 2.24) is 24.1 Å². The molecule has 2 aliphatic rings. The van der Waals surface area contributed by atoms with Gasteiger partial charge in [-0.1, -0.05) is 23.7 Å². The van der Waals surface area contributed by atoms with Gasteiger partial charge < -0.3 is 9.47 Å². The number of halogens is 1. The van der Waals surface area contributed by atoms with Gasteiger partial charge in [0.1, 0.15) is 11.4 Å². The molecule has 2 aliphatic heterocycles. The molecular formula is C20H20ClN5O. The Labute approximate surface area is 162 Å². The van der Waals surface area contributed by atoms with Crippen molar-refractivity contribution in [3.05, 3.63) is 65.2 Å². The van der Waals surface area contributed by atoms with Crippen molar-refractivity contribution in [3.8, 4) is 11.1 Å². The second-order valence-electron chi connectivity index (χ2n) is 7.35. The Morgan fingerprint density at radius 2 is 1.85 bits per heavy atom. The van der Waals surface area contributed by atoms with Gasteiger partial charge in [0.25, 0.3) is 5.91 Å². The van der Waals surface area contributed by atoms with E-state index in [1.54, 1.807) is 4.68 Å². The smallest absolute Gasteiger partial charge is 0.272 e. The molecule has 0 saturated carbocycles. The molecule has 0 aliphatic carbocycles. The predicted octanol–water partition coefficient (Wildman–Crippen LogP) is 2.80. The largest absolute Gasteiger partial charge is 0.339 e. The lowest BCUT2D eigenvalue weighted by atomic mass is 9.95. The normalized spacial score (nSPS) is 22.2. The van der Waals surface area contributed by atoms with Gasteiger partial charge in [-0.2, -0.15) is 5.10 Å². The zero-order chi connectivity index (χ0) is 18.8. The van der Waals surface area contributed by atoms with Crippen LogP contribution in [0.5, 0.6) is 0 Å². The minimum atomic E-state index is -0.486. The van der Waals surface area contributed by atoms with Gasteiger partial charge in [0.2, 0.25) is 0 Å². The Morgan fingerprint density at radius 3 is 2.56 bits per heavy atom. The molecule has 1 fully saturated rings. The first-order valence-corrected chi connectivity index (χ1v) is 9.35. The Balaban J connectivity index is 1.64. The van der Waals surface area contributed by atoms with Crippen LogP contribution >= 0.6 is 11.6 Å². The van der Waals surface area contributed by atoms with E-state index < -0.39 is 5.66 Å². The number of carbonyl (C=O) groups excluding carboxylic acids is 1. The first-order chi connectivity index (χ1) is 13.0. The zero-order valence-corrected chi connectivity index (χ0v) is 16.0. The van der Waals surface area contributed by atoms with E-state index in [9.17, 15) is 4.79 Å². The zero-order valence-electron chi connectivity index (χ0n) is 15.3. The molecule has 27 heavy (non-hydrogen) atoms. The molecular weight excluding hydrogens is 362 g/mol. The quantitative estimate of drug-likeness (QED) is 0.685. The van der Waals surface area contributed by atoms with Gasteiger partial charge >= 0.3 is 0 Å². The van der Waals surface area contributed by atoms with Gasteiger partial charge in [-0.25, -0.2) is 0 Å². The van der Waals surface area contributed by atoms with Crippen molar-refractivity contribution in [1.29, 1.82) is 0 Å². The highest BCUT2D eigenvalue weighted by atomic mass is 35.5. The number of rotatable bonds is 2. The number of aryl methyl sites for hydroxylation is 1. The fraction of sp³-hybridized carbons (Fsp3) is 0.300. The number of carbonyl (C=O) groups is 1. The number of aromatic nitrogens is 3. The molecule has 0 radical (unpaired) electrons. The van der Waals surface area contributed by atoms with Crippen molar-refractivity contribution < 1.29 is 4.79 Å². The van der Waals surface area contributed by atoms with E-state index in [4.69, 9.17) is 11.6 Å². The van der Waals surface area contributed by atoms with Crippen LogP contribution in [0.1, 0.15) is 16.1 Å². The number of amides is 1. The molecule has 0 spiro atoms. The lowest BCUT2D eigenvalue weighted by Crippen LogP contribution is -2.57. The van der Waals surface area contributed by atoms with E-state index in [1.807, 2.05) is 54.7 Å². The van der Waals surface area contributed by atoms with Gasteiger partial charge in [0.05, 0.1) is 12.7 Å². The topological polar surface area (TPSA) is 46.3 Å². The van der Waals surface area contributed by atoms with Gasteiger partial charge in [0, 0.05) is 48.7 Å². The molecule has 6 nitrogen and oxygen atoms in total. The molecule has 5 rings (SSSR count). The summed E-state index contributed by atoms with van der Waals surface area (Å²) in [6, 6.07) is 9.82.